The Bertz CT molecular complexity index is 390. The summed E-state index contributed by atoms with van der Waals surface area (Å²) in [6, 6.07) is 3.45. The third-order valence-electron chi connectivity index (χ3n) is 3.31. The van der Waals surface area contributed by atoms with Crippen LogP contribution in [0, 0.1) is 11.6 Å². The molecular weight excluding hydrogens is 242 g/mol. The normalized spacial score (nSPS) is 29.3. The molecule has 94 valence electrons. The summed E-state index contributed by atoms with van der Waals surface area (Å²) in [4.78, 5) is 0. The number of hydrogen-bond acceptors (Lipinski definition) is 2. The van der Waals surface area contributed by atoms with Crippen molar-refractivity contribution in [3.8, 4) is 0 Å². The standard InChI is InChI=1S/C13H16F2OS/c1-9-13(16,3-2-4-17-9)8-10-5-11(14)7-12(15)6-10/h5-7,9,16H,2-4,8H2,1H3. The van der Waals surface area contributed by atoms with Crippen molar-refractivity contribution in [1.82, 2.24) is 0 Å². The third-order valence-corrected chi connectivity index (χ3v) is 4.77. The van der Waals surface area contributed by atoms with Crippen LogP contribution in [0.5, 0.6) is 0 Å². The van der Waals surface area contributed by atoms with E-state index in [1.165, 1.54) is 12.1 Å². The average molecular weight is 258 g/mol. The molecule has 1 aromatic rings. The molecule has 0 aliphatic carbocycles. The van der Waals surface area contributed by atoms with Crippen LogP contribution in [0.4, 0.5) is 8.78 Å². The predicted octanol–water partition coefficient (Wildman–Crippen LogP) is 3.15. The topological polar surface area (TPSA) is 20.2 Å². The van der Waals surface area contributed by atoms with Crippen LogP contribution in [0.2, 0.25) is 0 Å². The maximum absolute atomic E-state index is 13.1. The van der Waals surface area contributed by atoms with Gasteiger partial charge in [-0.25, -0.2) is 8.78 Å². The van der Waals surface area contributed by atoms with Crippen LogP contribution >= 0.6 is 11.8 Å². The molecule has 1 saturated heterocycles. The highest BCUT2D eigenvalue weighted by atomic mass is 32.2. The van der Waals surface area contributed by atoms with E-state index in [1.54, 1.807) is 11.8 Å². The zero-order chi connectivity index (χ0) is 12.5. The molecule has 1 heterocycles. The number of rotatable bonds is 2. The first kappa shape index (κ1) is 12.8. The molecule has 0 aromatic heterocycles. The highest BCUT2D eigenvalue weighted by Gasteiger charge is 2.36. The van der Waals surface area contributed by atoms with Gasteiger partial charge in [0.15, 0.2) is 0 Å². The van der Waals surface area contributed by atoms with Crippen LogP contribution in [0.3, 0.4) is 0 Å². The van der Waals surface area contributed by atoms with Gasteiger partial charge in [-0.15, -0.1) is 0 Å². The lowest BCUT2D eigenvalue weighted by Gasteiger charge is -2.37. The van der Waals surface area contributed by atoms with Gasteiger partial charge < -0.3 is 5.11 Å². The zero-order valence-electron chi connectivity index (χ0n) is 9.75. The first-order valence-corrected chi connectivity index (χ1v) is 6.83. The number of thioether (sulfide) groups is 1. The lowest BCUT2D eigenvalue weighted by Crippen LogP contribution is -2.43. The number of benzene rings is 1. The molecule has 2 atom stereocenters. The molecule has 17 heavy (non-hydrogen) atoms. The van der Waals surface area contributed by atoms with Gasteiger partial charge in [-0.05, 0) is 36.3 Å². The Kier molecular flexibility index (Phi) is 3.73. The molecule has 1 aromatic carbocycles. The summed E-state index contributed by atoms with van der Waals surface area (Å²) in [5.74, 6) is -0.125. The lowest BCUT2D eigenvalue weighted by molar-refractivity contribution is 0.0296. The molecule has 2 unspecified atom stereocenters. The van der Waals surface area contributed by atoms with E-state index in [0.29, 0.717) is 18.4 Å². The number of hydrogen-bond donors (Lipinski definition) is 1. The minimum Gasteiger partial charge on any atom is -0.388 e. The van der Waals surface area contributed by atoms with Gasteiger partial charge in [-0.1, -0.05) is 6.92 Å². The molecule has 1 aliphatic rings. The third kappa shape index (κ3) is 2.99. The van der Waals surface area contributed by atoms with E-state index < -0.39 is 17.2 Å². The van der Waals surface area contributed by atoms with E-state index in [9.17, 15) is 13.9 Å². The maximum Gasteiger partial charge on any atom is 0.126 e. The molecule has 2 rings (SSSR count). The molecule has 0 bridgehead atoms. The summed E-state index contributed by atoms with van der Waals surface area (Å²) in [6.07, 6.45) is 1.96. The summed E-state index contributed by atoms with van der Waals surface area (Å²) >= 11 is 1.72. The first-order valence-electron chi connectivity index (χ1n) is 5.78. The molecule has 0 radical (unpaired) electrons. The van der Waals surface area contributed by atoms with Gasteiger partial charge >= 0.3 is 0 Å². The predicted molar refractivity (Wildman–Crippen MR) is 66.2 cm³/mol. The van der Waals surface area contributed by atoms with Crippen LogP contribution in [0.1, 0.15) is 25.3 Å². The van der Waals surface area contributed by atoms with Crippen LogP contribution in [-0.4, -0.2) is 21.7 Å². The lowest BCUT2D eigenvalue weighted by atomic mass is 9.87. The smallest absolute Gasteiger partial charge is 0.126 e. The van der Waals surface area contributed by atoms with E-state index in [0.717, 1.165) is 18.2 Å². The largest absolute Gasteiger partial charge is 0.388 e. The van der Waals surface area contributed by atoms with Crippen molar-refractivity contribution in [2.24, 2.45) is 0 Å². The van der Waals surface area contributed by atoms with E-state index >= 15 is 0 Å². The van der Waals surface area contributed by atoms with Gasteiger partial charge in [-0.3, -0.25) is 0 Å². The number of halogens is 2. The minimum absolute atomic E-state index is 0.0996. The second-order valence-electron chi connectivity index (χ2n) is 4.67. The highest BCUT2D eigenvalue weighted by Crippen LogP contribution is 2.36. The van der Waals surface area contributed by atoms with Crippen molar-refractivity contribution < 1.29 is 13.9 Å². The van der Waals surface area contributed by atoms with E-state index in [1.807, 2.05) is 6.92 Å². The quantitative estimate of drug-likeness (QED) is 0.879. The van der Waals surface area contributed by atoms with Gasteiger partial charge in [0.1, 0.15) is 11.6 Å². The molecule has 0 saturated carbocycles. The van der Waals surface area contributed by atoms with Gasteiger partial charge in [0.25, 0.3) is 0 Å². The van der Waals surface area contributed by atoms with Crippen molar-refractivity contribution >= 4 is 11.8 Å². The van der Waals surface area contributed by atoms with Gasteiger partial charge in [0.05, 0.1) is 5.60 Å². The Labute approximate surface area is 104 Å². The van der Waals surface area contributed by atoms with E-state index in [2.05, 4.69) is 0 Å². The monoisotopic (exact) mass is 258 g/mol. The summed E-state index contributed by atoms with van der Waals surface area (Å²) in [7, 11) is 0. The summed E-state index contributed by atoms with van der Waals surface area (Å²) < 4.78 is 26.2. The second-order valence-corrected chi connectivity index (χ2v) is 6.12. The fraction of sp³-hybridized carbons (Fsp3) is 0.538. The Balaban J connectivity index is 2.18. The highest BCUT2D eigenvalue weighted by molar-refractivity contribution is 8.00. The summed E-state index contributed by atoms with van der Waals surface area (Å²) in [5.41, 5.74) is -0.317. The molecule has 1 N–H and O–H groups in total. The summed E-state index contributed by atoms with van der Waals surface area (Å²) in [5, 5.41) is 10.6. The molecule has 0 spiro atoms. The SMILES string of the molecule is CC1SCCCC1(O)Cc1cc(F)cc(F)c1. The van der Waals surface area contributed by atoms with Crippen molar-refractivity contribution in [1.29, 1.82) is 0 Å². The second kappa shape index (κ2) is 4.94. The Morgan fingerprint density at radius 1 is 1.35 bits per heavy atom. The van der Waals surface area contributed by atoms with Gasteiger partial charge in [0, 0.05) is 17.7 Å². The molecule has 1 fully saturated rings. The molecule has 1 aliphatic heterocycles. The van der Waals surface area contributed by atoms with Crippen LogP contribution in [-0.2, 0) is 6.42 Å². The molecule has 0 amide bonds. The van der Waals surface area contributed by atoms with E-state index in [-0.39, 0.29) is 5.25 Å². The van der Waals surface area contributed by atoms with Crippen molar-refractivity contribution in [2.45, 2.75) is 37.0 Å². The maximum atomic E-state index is 13.1. The van der Waals surface area contributed by atoms with Crippen molar-refractivity contribution in [2.75, 3.05) is 5.75 Å². The molecular formula is C13H16F2OS. The summed E-state index contributed by atoms with van der Waals surface area (Å²) in [6.45, 7) is 1.97. The molecule has 1 nitrogen and oxygen atoms in total. The van der Waals surface area contributed by atoms with Crippen LogP contribution in [0.25, 0.3) is 0 Å². The van der Waals surface area contributed by atoms with Crippen molar-refractivity contribution in [3.05, 3.63) is 35.4 Å². The van der Waals surface area contributed by atoms with Crippen molar-refractivity contribution in [3.63, 3.8) is 0 Å². The zero-order valence-corrected chi connectivity index (χ0v) is 10.6. The fourth-order valence-electron chi connectivity index (χ4n) is 2.30. The van der Waals surface area contributed by atoms with Crippen LogP contribution in [0.15, 0.2) is 18.2 Å². The van der Waals surface area contributed by atoms with E-state index in [4.69, 9.17) is 0 Å². The fourth-order valence-corrected chi connectivity index (χ4v) is 3.47. The van der Waals surface area contributed by atoms with Crippen LogP contribution < -0.4 is 0 Å². The number of aliphatic hydroxyl groups is 1. The average Bonchev–Trinajstić information content (AvgIpc) is 2.21. The minimum atomic E-state index is -0.844. The van der Waals surface area contributed by atoms with Gasteiger partial charge in [-0.2, -0.15) is 11.8 Å². The van der Waals surface area contributed by atoms with Gasteiger partial charge in [0.2, 0.25) is 0 Å². The Hall–Kier alpha value is -0.610. The molecule has 4 heteroatoms. The Morgan fingerprint density at radius 3 is 2.59 bits per heavy atom. The Morgan fingerprint density at radius 2 is 2.00 bits per heavy atom. The first-order chi connectivity index (χ1) is 7.99.